The van der Waals surface area contributed by atoms with E-state index in [9.17, 15) is 4.79 Å². The summed E-state index contributed by atoms with van der Waals surface area (Å²) in [5.74, 6) is 1.41. The van der Waals surface area contributed by atoms with Gasteiger partial charge in [0.05, 0.1) is 0 Å². The summed E-state index contributed by atoms with van der Waals surface area (Å²) >= 11 is 0. The van der Waals surface area contributed by atoms with Crippen LogP contribution in [0.5, 0.6) is 0 Å². The fourth-order valence-electron chi connectivity index (χ4n) is 3.20. The predicted octanol–water partition coefficient (Wildman–Crippen LogP) is 4.70. The number of fused-ring (bicyclic) bond motifs is 1. The second kappa shape index (κ2) is 4.53. The van der Waals surface area contributed by atoms with Crippen LogP contribution in [0, 0.1) is 5.92 Å². The molecule has 1 aliphatic rings. The van der Waals surface area contributed by atoms with Crippen LogP contribution in [0.25, 0.3) is 0 Å². The lowest BCUT2D eigenvalue weighted by atomic mass is 9.66. The average Bonchev–Trinajstić information content (AvgIpc) is 2.27. The van der Waals surface area contributed by atoms with Gasteiger partial charge in [0.25, 0.3) is 0 Å². The molecule has 1 nitrogen and oxygen atoms in total. The van der Waals surface area contributed by atoms with Crippen LogP contribution in [-0.4, -0.2) is 5.78 Å². The maximum absolute atomic E-state index is 11.6. The summed E-state index contributed by atoms with van der Waals surface area (Å²) in [6.07, 6.45) is 2.47. The molecule has 0 saturated carbocycles. The van der Waals surface area contributed by atoms with Crippen molar-refractivity contribution in [2.75, 3.05) is 0 Å². The normalized spacial score (nSPS) is 21.8. The van der Waals surface area contributed by atoms with Crippen molar-refractivity contribution >= 4 is 5.78 Å². The number of hydrogen-bond acceptors (Lipinski definition) is 1. The van der Waals surface area contributed by atoms with E-state index in [1.54, 1.807) is 6.92 Å². The topological polar surface area (TPSA) is 17.1 Å². The molecule has 0 aromatic heterocycles. The smallest absolute Gasteiger partial charge is 0.159 e. The number of hydrogen-bond donors (Lipinski definition) is 0. The van der Waals surface area contributed by atoms with Crippen LogP contribution in [0.4, 0.5) is 0 Å². The molecule has 0 radical (unpaired) electrons. The van der Waals surface area contributed by atoms with Crippen molar-refractivity contribution < 1.29 is 4.79 Å². The summed E-state index contributed by atoms with van der Waals surface area (Å²) in [6.45, 7) is 10.9. The Bertz CT molecular complexity index is 468. The fraction of sp³-hybridized carbons (Fsp3) is 0.588. The first-order chi connectivity index (χ1) is 8.33. The Balaban J connectivity index is 2.57. The Kier molecular flexibility index (Phi) is 3.35. The molecule has 0 fully saturated rings. The molecule has 1 heteroatoms. The lowest BCUT2D eigenvalue weighted by molar-refractivity contribution is 0.101. The maximum atomic E-state index is 11.6. The van der Waals surface area contributed by atoms with Crippen LogP contribution in [-0.2, 0) is 5.41 Å². The highest BCUT2D eigenvalue weighted by atomic mass is 16.1. The zero-order valence-electron chi connectivity index (χ0n) is 12.2. The maximum Gasteiger partial charge on any atom is 0.159 e. The van der Waals surface area contributed by atoms with Crippen molar-refractivity contribution in [3.8, 4) is 0 Å². The highest BCUT2D eigenvalue weighted by Gasteiger charge is 2.33. The van der Waals surface area contributed by atoms with Crippen LogP contribution in [0.2, 0.25) is 0 Å². The van der Waals surface area contributed by atoms with Crippen molar-refractivity contribution in [3.05, 3.63) is 34.9 Å². The quantitative estimate of drug-likeness (QED) is 0.689. The SMILES string of the molecule is CC(=O)c1ccc2c(c1)[C@H](C(C)C)CCC2(C)C. The van der Waals surface area contributed by atoms with E-state index in [1.807, 2.05) is 6.07 Å². The molecule has 0 aliphatic heterocycles. The van der Waals surface area contributed by atoms with Gasteiger partial charge < -0.3 is 0 Å². The molecule has 2 rings (SSSR count). The van der Waals surface area contributed by atoms with Gasteiger partial charge in [0.2, 0.25) is 0 Å². The Morgan fingerprint density at radius 3 is 2.56 bits per heavy atom. The minimum Gasteiger partial charge on any atom is -0.295 e. The van der Waals surface area contributed by atoms with Crippen molar-refractivity contribution in [3.63, 3.8) is 0 Å². The van der Waals surface area contributed by atoms with E-state index in [4.69, 9.17) is 0 Å². The molecule has 0 heterocycles. The van der Waals surface area contributed by atoms with Gasteiger partial charge >= 0.3 is 0 Å². The van der Waals surface area contributed by atoms with E-state index in [1.165, 1.54) is 24.0 Å². The molecule has 18 heavy (non-hydrogen) atoms. The van der Waals surface area contributed by atoms with Crippen molar-refractivity contribution in [2.24, 2.45) is 5.92 Å². The second-order valence-electron chi connectivity index (χ2n) is 6.63. The van der Waals surface area contributed by atoms with Crippen molar-refractivity contribution in [2.45, 2.75) is 58.8 Å². The molecule has 1 aliphatic carbocycles. The molecule has 0 saturated heterocycles. The molecule has 0 bridgehead atoms. The number of benzene rings is 1. The Morgan fingerprint density at radius 2 is 2.00 bits per heavy atom. The average molecular weight is 244 g/mol. The minimum absolute atomic E-state index is 0.170. The van der Waals surface area contributed by atoms with Crippen LogP contribution in [0.15, 0.2) is 18.2 Å². The molecule has 1 aromatic carbocycles. The second-order valence-corrected chi connectivity index (χ2v) is 6.63. The summed E-state index contributed by atoms with van der Waals surface area (Å²) < 4.78 is 0. The first-order valence-electron chi connectivity index (χ1n) is 6.98. The van der Waals surface area contributed by atoms with Crippen LogP contribution >= 0.6 is 0 Å². The van der Waals surface area contributed by atoms with E-state index in [0.29, 0.717) is 11.8 Å². The van der Waals surface area contributed by atoms with Gasteiger partial charge in [-0.1, -0.05) is 39.8 Å². The summed E-state index contributed by atoms with van der Waals surface area (Å²) in [7, 11) is 0. The molecule has 0 spiro atoms. The van der Waals surface area contributed by atoms with E-state index in [2.05, 4.69) is 39.8 Å². The third kappa shape index (κ3) is 2.23. The molecule has 1 aromatic rings. The van der Waals surface area contributed by atoms with Gasteiger partial charge in [0, 0.05) is 5.56 Å². The van der Waals surface area contributed by atoms with E-state index in [0.717, 1.165) is 5.56 Å². The standard InChI is InChI=1S/C17H24O/c1-11(2)14-8-9-17(4,5)16-7-6-13(12(3)18)10-15(14)16/h6-7,10-11,14H,8-9H2,1-5H3/t14-/m0/s1. The fourth-order valence-corrected chi connectivity index (χ4v) is 3.20. The zero-order chi connectivity index (χ0) is 13.5. The number of carbonyl (C=O) groups excluding carboxylic acids is 1. The first-order valence-corrected chi connectivity index (χ1v) is 6.98. The first kappa shape index (κ1) is 13.3. The van der Waals surface area contributed by atoms with Crippen molar-refractivity contribution in [1.82, 2.24) is 0 Å². The summed E-state index contributed by atoms with van der Waals surface area (Å²) in [5.41, 5.74) is 3.96. The van der Waals surface area contributed by atoms with Gasteiger partial charge in [-0.25, -0.2) is 0 Å². The Morgan fingerprint density at radius 1 is 1.33 bits per heavy atom. The predicted molar refractivity (Wildman–Crippen MR) is 76.3 cm³/mol. The van der Waals surface area contributed by atoms with Gasteiger partial charge in [0.1, 0.15) is 0 Å². The monoisotopic (exact) mass is 244 g/mol. The highest BCUT2D eigenvalue weighted by molar-refractivity contribution is 5.94. The van der Waals surface area contributed by atoms with Crippen LogP contribution < -0.4 is 0 Å². The van der Waals surface area contributed by atoms with E-state index in [-0.39, 0.29) is 11.2 Å². The Hall–Kier alpha value is -1.11. The van der Waals surface area contributed by atoms with Gasteiger partial charge in [-0.15, -0.1) is 0 Å². The van der Waals surface area contributed by atoms with E-state index >= 15 is 0 Å². The molecule has 0 amide bonds. The number of rotatable bonds is 2. The number of carbonyl (C=O) groups is 1. The molecular formula is C17H24O. The lowest BCUT2D eigenvalue weighted by Gasteiger charge is -2.39. The third-order valence-electron chi connectivity index (χ3n) is 4.47. The zero-order valence-corrected chi connectivity index (χ0v) is 12.2. The molecule has 1 atom stereocenters. The summed E-state index contributed by atoms with van der Waals surface area (Å²) in [6, 6.07) is 6.31. The largest absolute Gasteiger partial charge is 0.295 e. The van der Waals surface area contributed by atoms with Crippen LogP contribution in [0.1, 0.15) is 74.9 Å². The highest BCUT2D eigenvalue weighted by Crippen LogP contribution is 2.45. The number of Topliss-reactive ketones (excluding diaryl/α,β-unsaturated/α-hetero) is 1. The lowest BCUT2D eigenvalue weighted by Crippen LogP contribution is -2.28. The van der Waals surface area contributed by atoms with Gasteiger partial charge in [-0.2, -0.15) is 0 Å². The Labute approximate surface area is 111 Å². The molecular weight excluding hydrogens is 220 g/mol. The van der Waals surface area contributed by atoms with Crippen molar-refractivity contribution in [1.29, 1.82) is 0 Å². The molecule has 0 unspecified atom stereocenters. The molecule has 0 N–H and O–H groups in total. The minimum atomic E-state index is 0.170. The van der Waals surface area contributed by atoms with Gasteiger partial charge in [-0.3, -0.25) is 4.79 Å². The third-order valence-corrected chi connectivity index (χ3v) is 4.47. The summed E-state index contributed by atoms with van der Waals surface area (Å²) in [5, 5.41) is 0. The number of ketones is 1. The summed E-state index contributed by atoms with van der Waals surface area (Å²) in [4.78, 5) is 11.6. The molecule has 98 valence electrons. The van der Waals surface area contributed by atoms with E-state index < -0.39 is 0 Å². The van der Waals surface area contributed by atoms with Gasteiger partial charge in [0.15, 0.2) is 5.78 Å². The van der Waals surface area contributed by atoms with Crippen LogP contribution in [0.3, 0.4) is 0 Å². The van der Waals surface area contributed by atoms with Gasteiger partial charge in [-0.05, 0) is 54.2 Å².